The minimum Gasteiger partial charge on any atom is -0.497 e. The minimum atomic E-state index is -0.516. The standard InChI is InChI=1S/C24H25N3O4/c1-17-13-14-25-27(17)21-7-5-19(6-8-21)24(29)31-16-23(28)26(20-9-10-20)15-18-3-11-22(30-2)12-4-18/h3-8,11-14,20H,9-10,15-16H2,1-2H3. The maximum absolute atomic E-state index is 12.7. The van der Waals surface area contributed by atoms with E-state index < -0.39 is 5.97 Å². The first kappa shape index (κ1) is 20.7. The van der Waals surface area contributed by atoms with Crippen LogP contribution in [0.1, 0.15) is 34.5 Å². The van der Waals surface area contributed by atoms with Crippen LogP contribution < -0.4 is 4.74 Å². The lowest BCUT2D eigenvalue weighted by Crippen LogP contribution is -2.36. The van der Waals surface area contributed by atoms with Gasteiger partial charge < -0.3 is 14.4 Å². The molecule has 0 saturated heterocycles. The number of amides is 1. The van der Waals surface area contributed by atoms with Crippen LogP contribution in [0.25, 0.3) is 5.69 Å². The first-order valence-electron chi connectivity index (χ1n) is 10.3. The van der Waals surface area contributed by atoms with Crippen LogP contribution in [0.3, 0.4) is 0 Å². The van der Waals surface area contributed by atoms with Crippen LogP contribution >= 0.6 is 0 Å². The maximum atomic E-state index is 12.7. The van der Waals surface area contributed by atoms with Gasteiger partial charge in [-0.05, 0) is 67.8 Å². The summed E-state index contributed by atoms with van der Waals surface area (Å²) in [6.07, 6.45) is 3.68. The summed E-state index contributed by atoms with van der Waals surface area (Å²) in [5.41, 5.74) is 3.26. The first-order chi connectivity index (χ1) is 15.0. The minimum absolute atomic E-state index is 0.185. The highest BCUT2D eigenvalue weighted by molar-refractivity contribution is 5.91. The van der Waals surface area contributed by atoms with Gasteiger partial charge in [0.2, 0.25) is 0 Å². The number of nitrogens with zero attached hydrogens (tertiary/aromatic N) is 3. The highest BCUT2D eigenvalue weighted by Gasteiger charge is 2.33. The van der Waals surface area contributed by atoms with Crippen LogP contribution in [0.2, 0.25) is 0 Å². The summed E-state index contributed by atoms with van der Waals surface area (Å²) in [5, 5.41) is 4.25. The second-order valence-electron chi connectivity index (χ2n) is 7.61. The van der Waals surface area contributed by atoms with Crippen molar-refractivity contribution in [2.24, 2.45) is 0 Å². The zero-order chi connectivity index (χ0) is 21.8. The van der Waals surface area contributed by atoms with Crippen molar-refractivity contribution in [3.05, 3.63) is 77.6 Å². The van der Waals surface area contributed by atoms with E-state index in [1.165, 1.54) is 0 Å². The Morgan fingerprint density at radius 2 is 1.77 bits per heavy atom. The van der Waals surface area contributed by atoms with Gasteiger partial charge in [-0.25, -0.2) is 9.48 Å². The van der Waals surface area contributed by atoms with Gasteiger partial charge in [-0.1, -0.05) is 12.1 Å². The van der Waals surface area contributed by atoms with Crippen molar-refractivity contribution >= 4 is 11.9 Å². The Labute approximate surface area is 181 Å². The number of hydrogen-bond donors (Lipinski definition) is 0. The van der Waals surface area contributed by atoms with Gasteiger partial charge in [-0.2, -0.15) is 5.10 Å². The number of ether oxygens (including phenoxy) is 2. The quantitative estimate of drug-likeness (QED) is 0.522. The van der Waals surface area contributed by atoms with Crippen LogP contribution in [0.5, 0.6) is 5.75 Å². The summed E-state index contributed by atoms with van der Waals surface area (Å²) in [4.78, 5) is 27.0. The van der Waals surface area contributed by atoms with Crippen molar-refractivity contribution < 1.29 is 19.1 Å². The summed E-state index contributed by atoms with van der Waals surface area (Å²) in [6.45, 7) is 2.17. The third-order valence-electron chi connectivity index (χ3n) is 5.33. The van der Waals surface area contributed by atoms with Gasteiger partial charge in [0.05, 0.1) is 18.4 Å². The smallest absolute Gasteiger partial charge is 0.338 e. The molecule has 4 rings (SSSR count). The van der Waals surface area contributed by atoms with Crippen molar-refractivity contribution in [3.63, 3.8) is 0 Å². The number of rotatable bonds is 8. The second-order valence-corrected chi connectivity index (χ2v) is 7.61. The lowest BCUT2D eigenvalue weighted by molar-refractivity contribution is -0.135. The second kappa shape index (κ2) is 9.04. The molecule has 7 heteroatoms. The van der Waals surface area contributed by atoms with Crippen LogP contribution in [0.4, 0.5) is 0 Å². The Balaban J connectivity index is 1.35. The molecule has 1 aliphatic carbocycles. The van der Waals surface area contributed by atoms with Crippen molar-refractivity contribution in [3.8, 4) is 11.4 Å². The summed E-state index contributed by atoms with van der Waals surface area (Å²) >= 11 is 0. The Morgan fingerprint density at radius 1 is 1.06 bits per heavy atom. The largest absolute Gasteiger partial charge is 0.497 e. The number of hydrogen-bond acceptors (Lipinski definition) is 5. The summed E-state index contributed by atoms with van der Waals surface area (Å²) in [7, 11) is 1.62. The molecule has 0 aliphatic heterocycles. The van der Waals surface area contributed by atoms with Crippen LogP contribution in [-0.4, -0.2) is 46.3 Å². The number of aromatic nitrogens is 2. The predicted octanol–water partition coefficient (Wildman–Crippen LogP) is 3.54. The molecule has 7 nitrogen and oxygen atoms in total. The fourth-order valence-corrected chi connectivity index (χ4v) is 3.41. The molecular formula is C24H25N3O4. The predicted molar refractivity (Wildman–Crippen MR) is 115 cm³/mol. The Morgan fingerprint density at radius 3 is 2.35 bits per heavy atom. The number of aryl methyl sites for hydroxylation is 1. The van der Waals surface area contributed by atoms with Crippen LogP contribution in [0, 0.1) is 6.92 Å². The van der Waals surface area contributed by atoms with E-state index in [-0.39, 0.29) is 18.6 Å². The molecule has 0 radical (unpaired) electrons. The van der Waals surface area contributed by atoms with Gasteiger partial charge in [0.25, 0.3) is 5.91 Å². The van der Waals surface area contributed by atoms with Crippen molar-refractivity contribution in [2.45, 2.75) is 32.4 Å². The highest BCUT2D eigenvalue weighted by atomic mass is 16.5. The van der Waals surface area contributed by atoms with E-state index in [9.17, 15) is 9.59 Å². The van der Waals surface area contributed by atoms with E-state index in [2.05, 4.69) is 5.10 Å². The molecule has 2 aromatic carbocycles. The molecule has 0 unspecified atom stereocenters. The molecule has 1 fully saturated rings. The van der Waals surface area contributed by atoms with E-state index in [0.29, 0.717) is 12.1 Å². The number of carbonyl (C=O) groups excluding carboxylic acids is 2. The normalized spacial score (nSPS) is 13.0. The zero-order valence-corrected chi connectivity index (χ0v) is 17.7. The molecule has 1 saturated carbocycles. The van der Waals surface area contributed by atoms with Gasteiger partial charge in [0.1, 0.15) is 5.75 Å². The molecular weight excluding hydrogens is 394 g/mol. The van der Waals surface area contributed by atoms with E-state index in [4.69, 9.17) is 9.47 Å². The van der Waals surface area contributed by atoms with E-state index in [1.54, 1.807) is 47.2 Å². The molecule has 160 valence electrons. The first-order valence-corrected chi connectivity index (χ1v) is 10.3. The van der Waals surface area contributed by atoms with E-state index in [1.807, 2.05) is 37.3 Å². The Hall–Kier alpha value is -3.61. The monoisotopic (exact) mass is 419 g/mol. The lowest BCUT2D eigenvalue weighted by atomic mass is 10.2. The van der Waals surface area contributed by atoms with Crippen LogP contribution in [-0.2, 0) is 16.1 Å². The van der Waals surface area contributed by atoms with Crippen molar-refractivity contribution in [2.75, 3.05) is 13.7 Å². The summed E-state index contributed by atoms with van der Waals surface area (Å²) < 4.78 is 12.3. The molecule has 31 heavy (non-hydrogen) atoms. The van der Waals surface area contributed by atoms with Crippen molar-refractivity contribution in [1.82, 2.24) is 14.7 Å². The van der Waals surface area contributed by atoms with Crippen molar-refractivity contribution in [1.29, 1.82) is 0 Å². The molecule has 0 spiro atoms. The lowest BCUT2D eigenvalue weighted by Gasteiger charge is -2.22. The molecule has 0 atom stereocenters. The summed E-state index contributed by atoms with van der Waals surface area (Å²) in [5.74, 6) is 0.0726. The molecule has 0 bridgehead atoms. The fourth-order valence-electron chi connectivity index (χ4n) is 3.41. The molecule has 1 amide bonds. The molecule has 3 aromatic rings. The maximum Gasteiger partial charge on any atom is 0.338 e. The number of carbonyl (C=O) groups is 2. The molecule has 1 aromatic heterocycles. The van der Waals surface area contributed by atoms with Gasteiger partial charge in [-0.15, -0.1) is 0 Å². The third-order valence-corrected chi connectivity index (χ3v) is 5.33. The molecule has 1 heterocycles. The topological polar surface area (TPSA) is 73.7 Å². The number of benzene rings is 2. The Kier molecular flexibility index (Phi) is 6.02. The van der Waals surface area contributed by atoms with Gasteiger partial charge in [0.15, 0.2) is 6.61 Å². The summed E-state index contributed by atoms with van der Waals surface area (Å²) in [6, 6.07) is 16.7. The average molecular weight is 419 g/mol. The van der Waals surface area contributed by atoms with Gasteiger partial charge in [-0.3, -0.25) is 4.79 Å². The molecule has 0 N–H and O–H groups in total. The fraction of sp³-hybridized carbons (Fsp3) is 0.292. The Bertz CT molecular complexity index is 1050. The van der Waals surface area contributed by atoms with Crippen LogP contribution in [0.15, 0.2) is 60.8 Å². The SMILES string of the molecule is COc1ccc(CN(C(=O)COC(=O)c2ccc(-n3nccc3C)cc2)C2CC2)cc1. The number of methoxy groups -OCH3 is 1. The van der Waals surface area contributed by atoms with E-state index >= 15 is 0 Å². The van der Waals surface area contributed by atoms with Gasteiger partial charge in [0, 0.05) is 24.5 Å². The van der Waals surface area contributed by atoms with E-state index in [0.717, 1.165) is 35.5 Å². The highest BCUT2D eigenvalue weighted by Crippen LogP contribution is 2.29. The third kappa shape index (κ3) is 4.94. The zero-order valence-electron chi connectivity index (χ0n) is 17.7. The van der Waals surface area contributed by atoms with Gasteiger partial charge >= 0.3 is 5.97 Å². The molecule has 1 aliphatic rings. The number of esters is 1. The average Bonchev–Trinajstić information content (AvgIpc) is 3.56.